The lowest BCUT2D eigenvalue weighted by Crippen LogP contribution is -2.00. The highest BCUT2D eigenvalue weighted by Gasteiger charge is 2.04. The van der Waals surface area contributed by atoms with Crippen LogP contribution < -0.4 is 10.1 Å². The van der Waals surface area contributed by atoms with Crippen LogP contribution in [0.3, 0.4) is 0 Å². The van der Waals surface area contributed by atoms with Crippen LogP contribution in [0.25, 0.3) is 0 Å². The van der Waals surface area contributed by atoms with Gasteiger partial charge < -0.3 is 10.1 Å². The van der Waals surface area contributed by atoms with Gasteiger partial charge in [0.2, 0.25) is 0 Å². The molecule has 0 radical (unpaired) electrons. The minimum atomic E-state index is 0.634. The van der Waals surface area contributed by atoms with Crippen molar-refractivity contribution >= 4 is 37.5 Å². The molecular weight excluding hydrogens is 384 g/mol. The number of benzene rings is 2. The van der Waals surface area contributed by atoms with Crippen molar-refractivity contribution in [1.82, 2.24) is 0 Å². The Morgan fingerprint density at radius 2 is 1.95 bits per heavy atom. The van der Waals surface area contributed by atoms with Crippen molar-refractivity contribution in [2.75, 3.05) is 12.4 Å². The third-order valence-electron chi connectivity index (χ3n) is 2.80. The lowest BCUT2D eigenvalue weighted by molar-refractivity contribution is 0.412. The van der Waals surface area contributed by atoms with Gasteiger partial charge in [0.05, 0.1) is 23.2 Å². The van der Waals surface area contributed by atoms with Gasteiger partial charge in [0.1, 0.15) is 5.75 Å². The lowest BCUT2D eigenvalue weighted by Gasteiger charge is -2.10. The van der Waals surface area contributed by atoms with Gasteiger partial charge in [0.15, 0.2) is 0 Å². The fourth-order valence-electron chi connectivity index (χ4n) is 1.75. The molecule has 1 N–H and O–H groups in total. The topological polar surface area (TPSA) is 45.0 Å². The molecule has 0 aliphatic heterocycles. The second kappa shape index (κ2) is 6.78. The highest BCUT2D eigenvalue weighted by Crippen LogP contribution is 2.27. The number of ether oxygens (including phenoxy) is 1. The fraction of sp³-hybridized carbons (Fsp3) is 0.133. The molecular formula is C15H12Br2N2O. The summed E-state index contributed by atoms with van der Waals surface area (Å²) in [6.07, 6.45) is 0. The summed E-state index contributed by atoms with van der Waals surface area (Å²) in [4.78, 5) is 0. The molecule has 0 unspecified atom stereocenters. The Labute approximate surface area is 134 Å². The van der Waals surface area contributed by atoms with E-state index >= 15 is 0 Å². The molecule has 102 valence electrons. The second-order valence-corrected chi connectivity index (χ2v) is 5.84. The van der Waals surface area contributed by atoms with Crippen molar-refractivity contribution in [1.29, 1.82) is 5.26 Å². The van der Waals surface area contributed by atoms with Crippen molar-refractivity contribution in [2.45, 2.75) is 6.54 Å². The van der Waals surface area contributed by atoms with Gasteiger partial charge in [0.25, 0.3) is 0 Å². The van der Waals surface area contributed by atoms with Gasteiger partial charge in [-0.2, -0.15) is 5.26 Å². The van der Waals surface area contributed by atoms with Gasteiger partial charge in [-0.05, 0) is 67.8 Å². The molecule has 0 aromatic heterocycles. The number of nitrogens with one attached hydrogen (secondary N) is 1. The summed E-state index contributed by atoms with van der Waals surface area (Å²) >= 11 is 6.92. The molecule has 0 heterocycles. The molecule has 0 bridgehead atoms. The third-order valence-corrected chi connectivity index (χ3v) is 4.07. The number of hydrogen-bond acceptors (Lipinski definition) is 3. The van der Waals surface area contributed by atoms with Crippen LogP contribution in [0.15, 0.2) is 45.3 Å². The second-order valence-electron chi connectivity index (χ2n) is 4.13. The molecule has 0 saturated heterocycles. The van der Waals surface area contributed by atoms with Crippen molar-refractivity contribution in [3.8, 4) is 11.8 Å². The van der Waals surface area contributed by atoms with E-state index < -0.39 is 0 Å². The van der Waals surface area contributed by atoms with Gasteiger partial charge in [0, 0.05) is 16.7 Å². The third kappa shape index (κ3) is 3.53. The zero-order valence-corrected chi connectivity index (χ0v) is 14.0. The maximum absolute atomic E-state index is 8.83. The van der Waals surface area contributed by atoms with Gasteiger partial charge in [-0.25, -0.2) is 0 Å². The molecule has 5 heteroatoms. The first-order valence-electron chi connectivity index (χ1n) is 5.90. The molecule has 3 nitrogen and oxygen atoms in total. The summed E-state index contributed by atoms with van der Waals surface area (Å²) in [6.45, 7) is 0.688. The average Bonchev–Trinajstić information content (AvgIpc) is 2.46. The molecule has 20 heavy (non-hydrogen) atoms. The minimum absolute atomic E-state index is 0.634. The molecule has 0 saturated carbocycles. The number of nitrogens with zero attached hydrogens (tertiary/aromatic N) is 1. The Hall–Kier alpha value is -1.51. The number of methoxy groups -OCH3 is 1. The first-order valence-corrected chi connectivity index (χ1v) is 7.48. The molecule has 2 aromatic rings. The Bertz CT molecular complexity index is 665. The molecule has 0 spiro atoms. The number of anilines is 1. The standard InChI is InChI=1S/C15H12Br2N2O/c1-20-15-5-3-11(7-13(15)17)9-19-14-4-2-10(8-18)6-12(14)16/h2-7,19H,9H2,1H3. The summed E-state index contributed by atoms with van der Waals surface area (Å²) in [5.74, 6) is 0.813. The van der Waals surface area contributed by atoms with Crippen LogP contribution in [0, 0.1) is 11.3 Å². The van der Waals surface area contributed by atoms with Gasteiger partial charge >= 0.3 is 0 Å². The Kier molecular flexibility index (Phi) is 5.05. The average molecular weight is 396 g/mol. The van der Waals surface area contributed by atoms with E-state index in [2.05, 4.69) is 43.2 Å². The molecule has 0 atom stereocenters. The van der Waals surface area contributed by atoms with Gasteiger partial charge in [-0.3, -0.25) is 0 Å². The van der Waals surface area contributed by atoms with Crippen LogP contribution in [-0.4, -0.2) is 7.11 Å². The maximum atomic E-state index is 8.83. The lowest BCUT2D eigenvalue weighted by atomic mass is 10.2. The molecule has 0 aliphatic rings. The summed E-state index contributed by atoms with van der Waals surface area (Å²) in [7, 11) is 1.64. The highest BCUT2D eigenvalue weighted by atomic mass is 79.9. The number of hydrogen-bond donors (Lipinski definition) is 1. The van der Waals surface area contributed by atoms with E-state index in [1.165, 1.54) is 0 Å². The predicted octanol–water partition coefficient (Wildman–Crippen LogP) is 4.70. The van der Waals surface area contributed by atoms with Crippen molar-refractivity contribution in [3.05, 3.63) is 56.5 Å². The largest absolute Gasteiger partial charge is 0.496 e. The van der Waals surface area contributed by atoms with E-state index in [1.807, 2.05) is 24.3 Å². The van der Waals surface area contributed by atoms with Crippen LogP contribution in [-0.2, 0) is 6.54 Å². The van der Waals surface area contributed by atoms with Crippen molar-refractivity contribution < 1.29 is 4.74 Å². The summed E-state index contributed by atoms with van der Waals surface area (Å²) in [5.41, 5.74) is 2.72. The summed E-state index contributed by atoms with van der Waals surface area (Å²) in [6, 6.07) is 13.5. The molecule has 0 fully saturated rings. The number of nitriles is 1. The van der Waals surface area contributed by atoms with Crippen LogP contribution in [0.4, 0.5) is 5.69 Å². The van der Waals surface area contributed by atoms with E-state index in [1.54, 1.807) is 19.2 Å². The maximum Gasteiger partial charge on any atom is 0.133 e. The minimum Gasteiger partial charge on any atom is -0.496 e. The number of halogens is 2. The zero-order chi connectivity index (χ0) is 14.5. The van der Waals surface area contributed by atoms with E-state index in [4.69, 9.17) is 10.00 Å². The first-order chi connectivity index (χ1) is 9.63. The molecule has 0 aliphatic carbocycles. The first kappa shape index (κ1) is 14.9. The van der Waals surface area contributed by atoms with E-state index in [-0.39, 0.29) is 0 Å². The van der Waals surface area contributed by atoms with E-state index in [0.29, 0.717) is 12.1 Å². The monoisotopic (exact) mass is 394 g/mol. The van der Waals surface area contributed by atoms with Gasteiger partial charge in [-0.15, -0.1) is 0 Å². The van der Waals surface area contributed by atoms with Crippen LogP contribution in [0.1, 0.15) is 11.1 Å². The SMILES string of the molecule is COc1ccc(CNc2ccc(C#N)cc2Br)cc1Br. The Balaban J connectivity index is 2.09. The van der Waals surface area contributed by atoms with E-state index in [9.17, 15) is 0 Å². The molecule has 2 aromatic carbocycles. The zero-order valence-electron chi connectivity index (χ0n) is 10.8. The Morgan fingerprint density at radius 1 is 1.15 bits per heavy atom. The molecule has 2 rings (SSSR count). The predicted molar refractivity (Wildman–Crippen MR) is 86.9 cm³/mol. The van der Waals surface area contributed by atoms with Crippen molar-refractivity contribution in [3.63, 3.8) is 0 Å². The van der Waals surface area contributed by atoms with Crippen LogP contribution in [0.5, 0.6) is 5.75 Å². The summed E-state index contributed by atoms with van der Waals surface area (Å²) < 4.78 is 7.01. The molecule has 0 amide bonds. The number of rotatable bonds is 4. The van der Waals surface area contributed by atoms with E-state index in [0.717, 1.165) is 25.9 Å². The van der Waals surface area contributed by atoms with Crippen molar-refractivity contribution in [2.24, 2.45) is 0 Å². The quantitative estimate of drug-likeness (QED) is 0.815. The smallest absolute Gasteiger partial charge is 0.133 e. The normalized spacial score (nSPS) is 9.90. The van der Waals surface area contributed by atoms with Crippen LogP contribution >= 0.6 is 31.9 Å². The Morgan fingerprint density at radius 3 is 2.55 bits per heavy atom. The van der Waals surface area contributed by atoms with Crippen LogP contribution in [0.2, 0.25) is 0 Å². The van der Waals surface area contributed by atoms with Gasteiger partial charge in [-0.1, -0.05) is 6.07 Å². The fourth-order valence-corrected chi connectivity index (χ4v) is 2.85. The summed E-state index contributed by atoms with van der Waals surface area (Å²) in [5, 5.41) is 12.2. The highest BCUT2D eigenvalue weighted by molar-refractivity contribution is 9.11.